The maximum absolute atomic E-state index is 10.7. The molecule has 9 nitrogen and oxygen atoms in total. The van der Waals surface area contributed by atoms with Crippen molar-refractivity contribution in [1.29, 1.82) is 0 Å². The van der Waals surface area contributed by atoms with Gasteiger partial charge in [0.05, 0.1) is 6.61 Å². The van der Waals surface area contributed by atoms with Gasteiger partial charge in [-0.1, -0.05) is 30.3 Å². The average Bonchev–Trinajstić information content (AvgIpc) is 2.73. The predicted octanol–water partition coefficient (Wildman–Crippen LogP) is -0.00430. The Bertz CT molecular complexity index is 838. The monoisotopic (exact) mass is 406 g/mol. The summed E-state index contributed by atoms with van der Waals surface area (Å²) in [5, 5.41) is 48.1. The van der Waals surface area contributed by atoms with Crippen molar-refractivity contribution >= 4 is 5.97 Å². The molecule has 1 saturated heterocycles. The van der Waals surface area contributed by atoms with E-state index in [2.05, 4.69) is 0 Å². The summed E-state index contributed by atoms with van der Waals surface area (Å²) in [4.78, 5) is 10.7. The van der Waals surface area contributed by atoms with Gasteiger partial charge < -0.3 is 39.7 Å². The van der Waals surface area contributed by atoms with E-state index in [0.717, 1.165) is 0 Å². The van der Waals surface area contributed by atoms with Crippen molar-refractivity contribution < 1.29 is 44.5 Å². The molecule has 1 aliphatic rings. The molecule has 0 spiro atoms. The standard InChI is InChI=1S/C20H22O9/c21-9-15-17(24)18(25)19(26)20(29-15)28-14-7-2-1-6-13(14)11-4-3-5-12(8-11)27-10-16(22)23/h1-8,15,17-21,24-26H,9-10H2,(H,22,23). The van der Waals surface area contributed by atoms with Gasteiger partial charge in [0.1, 0.15) is 35.9 Å². The Morgan fingerprint density at radius 3 is 2.48 bits per heavy atom. The molecule has 1 heterocycles. The van der Waals surface area contributed by atoms with Crippen LogP contribution in [0.1, 0.15) is 0 Å². The molecule has 2 aromatic carbocycles. The first-order valence-corrected chi connectivity index (χ1v) is 8.92. The zero-order chi connectivity index (χ0) is 21.0. The van der Waals surface area contributed by atoms with Crippen LogP contribution in [-0.4, -0.2) is 75.4 Å². The SMILES string of the molecule is O=C(O)COc1cccc(-c2ccccc2OC2OC(CO)C(O)C(O)C2O)c1. The predicted molar refractivity (Wildman–Crippen MR) is 99.4 cm³/mol. The molecule has 2 aromatic rings. The van der Waals surface area contributed by atoms with E-state index in [-0.39, 0.29) is 0 Å². The fourth-order valence-corrected chi connectivity index (χ4v) is 3.00. The van der Waals surface area contributed by atoms with E-state index in [1.807, 2.05) is 0 Å². The highest BCUT2D eigenvalue weighted by atomic mass is 16.7. The highest BCUT2D eigenvalue weighted by Crippen LogP contribution is 2.34. The van der Waals surface area contributed by atoms with Crippen molar-refractivity contribution in [3.63, 3.8) is 0 Å². The zero-order valence-electron chi connectivity index (χ0n) is 15.3. The molecular weight excluding hydrogens is 384 g/mol. The number of hydrogen-bond donors (Lipinski definition) is 5. The van der Waals surface area contributed by atoms with Gasteiger partial charge in [-0.3, -0.25) is 0 Å². The van der Waals surface area contributed by atoms with Crippen LogP contribution in [0.4, 0.5) is 0 Å². The number of carboxylic acids is 1. The summed E-state index contributed by atoms with van der Waals surface area (Å²) in [6.45, 7) is -1.04. The minimum Gasteiger partial charge on any atom is -0.482 e. The van der Waals surface area contributed by atoms with Gasteiger partial charge >= 0.3 is 5.97 Å². The van der Waals surface area contributed by atoms with Crippen LogP contribution >= 0.6 is 0 Å². The lowest BCUT2D eigenvalue weighted by Gasteiger charge is -2.39. The number of rotatable bonds is 7. The first kappa shape index (κ1) is 21.0. The maximum Gasteiger partial charge on any atom is 0.341 e. The molecule has 0 aromatic heterocycles. The summed E-state index contributed by atoms with van der Waals surface area (Å²) in [6.07, 6.45) is -6.97. The Labute approximate surface area is 166 Å². The van der Waals surface area contributed by atoms with Gasteiger partial charge in [-0.25, -0.2) is 4.79 Å². The van der Waals surface area contributed by atoms with E-state index in [4.69, 9.17) is 19.3 Å². The second-order valence-electron chi connectivity index (χ2n) is 6.52. The van der Waals surface area contributed by atoms with Crippen molar-refractivity contribution in [3.8, 4) is 22.6 Å². The molecule has 0 radical (unpaired) electrons. The summed E-state index contributed by atoms with van der Waals surface area (Å²) < 4.78 is 16.3. The molecule has 0 aliphatic carbocycles. The molecule has 9 heteroatoms. The van der Waals surface area contributed by atoms with Crippen LogP contribution in [-0.2, 0) is 9.53 Å². The van der Waals surface area contributed by atoms with Crippen LogP contribution in [0.15, 0.2) is 48.5 Å². The van der Waals surface area contributed by atoms with Gasteiger partial charge in [-0.15, -0.1) is 0 Å². The van der Waals surface area contributed by atoms with Crippen LogP contribution in [0.5, 0.6) is 11.5 Å². The molecular formula is C20H22O9. The van der Waals surface area contributed by atoms with E-state index >= 15 is 0 Å². The fourth-order valence-electron chi connectivity index (χ4n) is 3.00. The average molecular weight is 406 g/mol. The fraction of sp³-hybridized carbons (Fsp3) is 0.350. The normalized spacial score (nSPS) is 26.7. The van der Waals surface area contributed by atoms with E-state index < -0.39 is 49.9 Å². The Hall–Kier alpha value is -2.69. The van der Waals surface area contributed by atoms with E-state index in [1.165, 1.54) is 0 Å². The summed E-state index contributed by atoms with van der Waals surface area (Å²) >= 11 is 0. The Kier molecular flexibility index (Phi) is 6.68. The number of hydrogen-bond acceptors (Lipinski definition) is 8. The molecule has 5 atom stereocenters. The summed E-state index contributed by atoms with van der Waals surface area (Å²) in [5.74, 6) is -0.429. The molecule has 29 heavy (non-hydrogen) atoms. The topological polar surface area (TPSA) is 146 Å². The van der Waals surface area contributed by atoms with Crippen LogP contribution in [0, 0.1) is 0 Å². The number of carboxylic acid groups (broad SMARTS) is 1. The van der Waals surface area contributed by atoms with Crippen molar-refractivity contribution in [3.05, 3.63) is 48.5 Å². The van der Waals surface area contributed by atoms with Crippen molar-refractivity contribution in [2.45, 2.75) is 30.7 Å². The first-order chi connectivity index (χ1) is 13.9. The van der Waals surface area contributed by atoms with Gasteiger partial charge in [0, 0.05) is 5.56 Å². The molecule has 3 rings (SSSR count). The molecule has 156 valence electrons. The number of aliphatic hydroxyl groups is 4. The molecule has 1 aliphatic heterocycles. The van der Waals surface area contributed by atoms with Crippen LogP contribution in [0.2, 0.25) is 0 Å². The molecule has 5 unspecified atom stereocenters. The minimum atomic E-state index is -1.55. The number of carbonyl (C=O) groups is 1. The maximum atomic E-state index is 10.7. The zero-order valence-corrected chi connectivity index (χ0v) is 15.3. The van der Waals surface area contributed by atoms with E-state index in [9.17, 15) is 25.2 Å². The van der Waals surface area contributed by atoms with Crippen molar-refractivity contribution in [2.75, 3.05) is 13.2 Å². The largest absolute Gasteiger partial charge is 0.482 e. The third-order valence-corrected chi connectivity index (χ3v) is 4.49. The number of aliphatic hydroxyl groups excluding tert-OH is 4. The lowest BCUT2D eigenvalue weighted by atomic mass is 9.99. The van der Waals surface area contributed by atoms with E-state index in [1.54, 1.807) is 48.5 Å². The summed E-state index contributed by atoms with van der Waals surface area (Å²) in [6, 6.07) is 13.6. The molecule has 0 saturated carbocycles. The van der Waals surface area contributed by atoms with Crippen molar-refractivity contribution in [1.82, 2.24) is 0 Å². The van der Waals surface area contributed by atoms with Gasteiger partial charge in [-0.2, -0.15) is 0 Å². The lowest BCUT2D eigenvalue weighted by molar-refractivity contribution is -0.277. The van der Waals surface area contributed by atoms with E-state index in [0.29, 0.717) is 22.6 Å². The first-order valence-electron chi connectivity index (χ1n) is 8.92. The Morgan fingerprint density at radius 2 is 1.76 bits per heavy atom. The number of aliphatic carboxylic acids is 1. The number of para-hydroxylation sites is 1. The second-order valence-corrected chi connectivity index (χ2v) is 6.52. The molecule has 0 amide bonds. The van der Waals surface area contributed by atoms with Gasteiger partial charge in [0.25, 0.3) is 0 Å². The van der Waals surface area contributed by atoms with Gasteiger partial charge in [0.15, 0.2) is 6.61 Å². The molecule has 0 bridgehead atoms. The third kappa shape index (κ3) is 4.84. The third-order valence-electron chi connectivity index (χ3n) is 4.49. The number of ether oxygens (including phenoxy) is 3. The highest BCUT2D eigenvalue weighted by Gasteiger charge is 2.44. The Morgan fingerprint density at radius 1 is 1.00 bits per heavy atom. The quantitative estimate of drug-likeness (QED) is 0.429. The molecule has 5 N–H and O–H groups in total. The van der Waals surface area contributed by atoms with Crippen molar-refractivity contribution in [2.24, 2.45) is 0 Å². The lowest BCUT2D eigenvalue weighted by Crippen LogP contribution is -2.60. The Balaban J connectivity index is 1.84. The molecule has 1 fully saturated rings. The van der Waals surface area contributed by atoms with Gasteiger partial charge in [0.2, 0.25) is 6.29 Å². The number of benzene rings is 2. The second kappa shape index (κ2) is 9.21. The van der Waals surface area contributed by atoms with Crippen LogP contribution in [0.25, 0.3) is 11.1 Å². The summed E-state index contributed by atoms with van der Waals surface area (Å²) in [5.41, 5.74) is 1.26. The smallest absolute Gasteiger partial charge is 0.341 e. The van der Waals surface area contributed by atoms with Gasteiger partial charge in [-0.05, 0) is 23.8 Å². The summed E-state index contributed by atoms with van der Waals surface area (Å²) in [7, 11) is 0. The van der Waals surface area contributed by atoms with Crippen LogP contribution in [0.3, 0.4) is 0 Å². The minimum absolute atomic E-state index is 0.312. The highest BCUT2D eigenvalue weighted by molar-refractivity contribution is 5.72. The van der Waals surface area contributed by atoms with Crippen LogP contribution < -0.4 is 9.47 Å².